The Balaban J connectivity index is 0. The molecule has 0 aliphatic heterocycles. The zero-order chi connectivity index (χ0) is 9.65. The molecule has 2 nitrogen and oxygen atoms in total. The van der Waals surface area contributed by atoms with Crippen molar-refractivity contribution in [2.45, 2.75) is 26.4 Å². The summed E-state index contributed by atoms with van der Waals surface area (Å²) in [6, 6.07) is 0. The van der Waals surface area contributed by atoms with Crippen LogP contribution in [0.1, 0.15) is 20.8 Å². The van der Waals surface area contributed by atoms with Gasteiger partial charge in [-0.25, -0.2) is 0 Å². The first-order chi connectivity index (χ1) is 4.68. The van der Waals surface area contributed by atoms with E-state index in [2.05, 4.69) is 33.8 Å². The topological polar surface area (TPSA) is 40.1 Å². The Morgan fingerprint density at radius 3 is 1.36 bits per heavy atom. The van der Waals surface area contributed by atoms with Crippen LogP contribution in [0.2, 0.25) is 0 Å². The molecule has 0 aliphatic rings. The van der Waals surface area contributed by atoms with Gasteiger partial charge in [-0.15, -0.1) is 0 Å². The van der Waals surface area contributed by atoms with Crippen molar-refractivity contribution < 1.29 is 9.90 Å². The molecule has 0 spiro atoms. The number of carbonyl (C=O) groups is 1. The molecule has 68 valence electrons. The Morgan fingerprint density at radius 2 is 1.36 bits per heavy atom. The van der Waals surface area contributed by atoms with Crippen LogP contribution in [-0.2, 0) is 4.79 Å². The second-order valence-corrected chi connectivity index (χ2v) is 8.97. The Hall–Kier alpha value is -0.100. The second kappa shape index (κ2) is 5.54. The number of carbonyl (C=O) groups excluding carboxylic acids is 1. The number of rotatable bonds is 1. The molecular formula is C8H19O2P. The number of hydrogen-bond donors (Lipinski definition) is 0. The average Bonchev–Trinajstić information content (AvgIpc) is 1.59. The summed E-state index contributed by atoms with van der Waals surface area (Å²) in [6.45, 7) is 12.7. The van der Waals surface area contributed by atoms with E-state index in [1.54, 1.807) is 0 Å². The van der Waals surface area contributed by atoms with Gasteiger partial charge in [0, 0.05) is 33.2 Å². The Kier molecular flexibility index (Phi) is 6.79. The van der Waals surface area contributed by atoms with Gasteiger partial charge < -0.3 is 9.90 Å². The highest BCUT2D eigenvalue weighted by Gasteiger charge is 2.21. The van der Waals surface area contributed by atoms with Gasteiger partial charge in [0.25, 0.3) is 0 Å². The van der Waals surface area contributed by atoms with E-state index in [0.717, 1.165) is 12.6 Å². The van der Waals surface area contributed by atoms with E-state index >= 15 is 0 Å². The largest absolute Gasteiger partial charge is 0.550 e. The summed E-state index contributed by atoms with van der Waals surface area (Å²) in [5, 5.41) is 8.89. The van der Waals surface area contributed by atoms with Crippen molar-refractivity contribution >= 4 is 13.2 Å². The van der Waals surface area contributed by atoms with Crippen LogP contribution >= 0.6 is 7.26 Å². The summed E-state index contributed by atoms with van der Waals surface area (Å²) in [7, 11) is -0.488. The van der Waals surface area contributed by atoms with E-state index in [9.17, 15) is 0 Å². The lowest BCUT2D eigenvalue weighted by atomic mass is 10.6. The minimum atomic E-state index is -1.08. The lowest BCUT2D eigenvalue weighted by Gasteiger charge is -2.15. The van der Waals surface area contributed by atoms with Crippen LogP contribution in [-0.4, -0.2) is 31.6 Å². The second-order valence-electron chi connectivity index (χ2n) is 3.70. The third-order valence-electron chi connectivity index (χ3n) is 1.55. The molecule has 0 unspecified atom stereocenters. The summed E-state index contributed by atoms with van der Waals surface area (Å²) in [5.74, 6) is -1.08. The fraction of sp³-hybridized carbons (Fsp3) is 0.875. The first-order valence-corrected chi connectivity index (χ1v) is 6.86. The molecule has 0 bridgehead atoms. The maximum Gasteiger partial charge on any atom is 0.0633 e. The lowest BCUT2D eigenvalue weighted by molar-refractivity contribution is -0.302. The normalized spacial score (nSPS) is 10.5. The minimum absolute atomic E-state index is 0.488. The van der Waals surface area contributed by atoms with Crippen molar-refractivity contribution in [2.24, 2.45) is 0 Å². The number of carboxylic acids is 1. The monoisotopic (exact) mass is 178 g/mol. The standard InChI is InChI=1S/C6H16P.C2H4O2/c1-6(2)7(3,4)5;1-2(3)4/h6H,1-5H3;1H3,(H,3,4)/q+1;/p-1. The Labute approximate surface area is 70.3 Å². The van der Waals surface area contributed by atoms with Gasteiger partial charge in [-0.3, -0.25) is 0 Å². The lowest BCUT2D eigenvalue weighted by Crippen LogP contribution is -2.16. The maximum absolute atomic E-state index is 8.89. The molecule has 0 fully saturated rings. The number of carboxylic acid groups (broad SMARTS) is 1. The van der Waals surface area contributed by atoms with Gasteiger partial charge in [0.15, 0.2) is 0 Å². The van der Waals surface area contributed by atoms with E-state index in [-0.39, 0.29) is 0 Å². The molecule has 0 rings (SSSR count). The quantitative estimate of drug-likeness (QED) is 0.563. The molecule has 0 aromatic heterocycles. The zero-order valence-electron chi connectivity index (χ0n) is 8.34. The first-order valence-electron chi connectivity index (χ1n) is 3.66. The van der Waals surface area contributed by atoms with E-state index < -0.39 is 13.2 Å². The van der Waals surface area contributed by atoms with Crippen molar-refractivity contribution in [1.29, 1.82) is 0 Å². The SMILES string of the molecule is CC(=O)[O-].CC(C)[P+](C)(C)C. The first kappa shape index (κ1) is 13.5. The van der Waals surface area contributed by atoms with Crippen LogP contribution in [0.25, 0.3) is 0 Å². The molecule has 0 N–H and O–H groups in total. The van der Waals surface area contributed by atoms with Crippen molar-refractivity contribution in [1.82, 2.24) is 0 Å². The van der Waals surface area contributed by atoms with Crippen LogP contribution in [0, 0.1) is 0 Å². The third-order valence-corrected chi connectivity index (χ3v) is 4.65. The number of hydrogen-bond acceptors (Lipinski definition) is 2. The van der Waals surface area contributed by atoms with Gasteiger partial charge in [0.05, 0.1) is 5.66 Å². The molecule has 0 atom stereocenters. The van der Waals surface area contributed by atoms with Gasteiger partial charge in [-0.1, -0.05) is 0 Å². The molecule has 0 radical (unpaired) electrons. The zero-order valence-corrected chi connectivity index (χ0v) is 9.24. The molecule has 0 aromatic rings. The maximum atomic E-state index is 8.89. The smallest absolute Gasteiger partial charge is 0.0633 e. The Morgan fingerprint density at radius 1 is 1.27 bits per heavy atom. The highest BCUT2D eigenvalue weighted by molar-refractivity contribution is 7.74. The fourth-order valence-corrected chi connectivity index (χ4v) is 0. The van der Waals surface area contributed by atoms with E-state index in [4.69, 9.17) is 9.90 Å². The third kappa shape index (κ3) is 17.7. The molecule has 3 heteroatoms. The minimum Gasteiger partial charge on any atom is -0.550 e. The highest BCUT2D eigenvalue weighted by atomic mass is 31.2. The predicted octanol–water partition coefficient (Wildman–Crippen LogP) is 1.06. The summed E-state index contributed by atoms with van der Waals surface area (Å²) >= 11 is 0. The molecule has 11 heavy (non-hydrogen) atoms. The summed E-state index contributed by atoms with van der Waals surface area (Å²) in [4.78, 5) is 8.89. The van der Waals surface area contributed by atoms with Gasteiger partial charge >= 0.3 is 0 Å². The van der Waals surface area contributed by atoms with Crippen LogP contribution in [0.4, 0.5) is 0 Å². The highest BCUT2D eigenvalue weighted by Crippen LogP contribution is 2.51. The van der Waals surface area contributed by atoms with E-state index in [0.29, 0.717) is 0 Å². The summed E-state index contributed by atoms with van der Waals surface area (Å²) in [6.07, 6.45) is 0. The average molecular weight is 178 g/mol. The van der Waals surface area contributed by atoms with Crippen molar-refractivity contribution in [3.63, 3.8) is 0 Å². The van der Waals surface area contributed by atoms with E-state index in [1.165, 1.54) is 0 Å². The Bertz CT molecular complexity index is 110. The van der Waals surface area contributed by atoms with Crippen molar-refractivity contribution in [3.05, 3.63) is 0 Å². The van der Waals surface area contributed by atoms with Gasteiger partial charge in [0.2, 0.25) is 0 Å². The number of aliphatic carboxylic acids is 1. The van der Waals surface area contributed by atoms with Gasteiger partial charge in [-0.2, -0.15) is 0 Å². The van der Waals surface area contributed by atoms with Gasteiger partial charge in [-0.05, 0) is 20.8 Å². The van der Waals surface area contributed by atoms with Crippen LogP contribution < -0.4 is 5.11 Å². The fourth-order valence-electron chi connectivity index (χ4n) is 0. The van der Waals surface area contributed by atoms with Gasteiger partial charge in [0.1, 0.15) is 0 Å². The molecule has 0 aliphatic carbocycles. The van der Waals surface area contributed by atoms with E-state index in [1.807, 2.05) is 0 Å². The molecule has 0 aromatic carbocycles. The molecular weight excluding hydrogens is 159 g/mol. The van der Waals surface area contributed by atoms with Crippen LogP contribution in [0.3, 0.4) is 0 Å². The van der Waals surface area contributed by atoms with Crippen LogP contribution in [0.15, 0.2) is 0 Å². The predicted molar refractivity (Wildman–Crippen MR) is 50.5 cm³/mol. The van der Waals surface area contributed by atoms with Crippen molar-refractivity contribution in [3.8, 4) is 0 Å². The van der Waals surface area contributed by atoms with Crippen LogP contribution in [0.5, 0.6) is 0 Å². The summed E-state index contributed by atoms with van der Waals surface area (Å²) in [5.41, 5.74) is 0.910. The molecule has 0 saturated heterocycles. The molecule has 0 heterocycles. The molecule has 0 amide bonds. The molecule has 0 saturated carbocycles. The summed E-state index contributed by atoms with van der Waals surface area (Å²) < 4.78 is 0. The van der Waals surface area contributed by atoms with Crippen molar-refractivity contribution in [2.75, 3.05) is 20.0 Å².